The van der Waals surface area contributed by atoms with Crippen LogP contribution >= 0.6 is 0 Å². The van der Waals surface area contributed by atoms with E-state index in [1.165, 1.54) is 14.2 Å². The monoisotopic (exact) mass is 352 g/mol. The molecule has 2 amide bonds. The van der Waals surface area contributed by atoms with Crippen molar-refractivity contribution in [3.8, 4) is 11.5 Å². The number of nitrogens with one attached hydrogen (secondary N) is 2. The molecule has 1 unspecified atom stereocenters. The van der Waals surface area contributed by atoms with Crippen LogP contribution in [0.15, 0.2) is 36.4 Å². The van der Waals surface area contributed by atoms with Crippen molar-refractivity contribution in [1.29, 1.82) is 0 Å². The quantitative estimate of drug-likeness (QED) is 0.747. The van der Waals surface area contributed by atoms with Crippen molar-refractivity contribution in [2.24, 2.45) is 0 Å². The Balaban J connectivity index is 1.96. The summed E-state index contributed by atoms with van der Waals surface area (Å²) in [5.41, 5.74) is 0.284. The zero-order chi connectivity index (χ0) is 18.4. The molecule has 0 fully saturated rings. The maximum atomic E-state index is 13.6. The summed E-state index contributed by atoms with van der Waals surface area (Å²) in [5.74, 6) is -0.679. The lowest BCUT2D eigenvalue weighted by atomic mass is 10.1. The number of hydrogen-bond acceptors (Lipinski definition) is 4. The van der Waals surface area contributed by atoms with Gasteiger partial charge in [-0.1, -0.05) is 6.07 Å². The number of ether oxygens (including phenoxy) is 2. The molecule has 134 valence electrons. The van der Waals surface area contributed by atoms with Gasteiger partial charge in [-0.3, -0.25) is 0 Å². The molecule has 0 heterocycles. The van der Waals surface area contributed by atoms with Crippen molar-refractivity contribution >= 4 is 11.7 Å². The number of rotatable bonds is 6. The van der Waals surface area contributed by atoms with Crippen LogP contribution < -0.4 is 20.1 Å². The third-order valence-corrected chi connectivity index (χ3v) is 3.43. The molecule has 0 aliphatic carbocycles. The number of benzene rings is 2. The number of hydrogen-bond donors (Lipinski definition) is 3. The molecule has 3 N–H and O–H groups in total. The topological polar surface area (TPSA) is 79.8 Å². The zero-order valence-corrected chi connectivity index (χ0v) is 13.7. The number of carbonyl (C=O) groups is 1. The smallest absolute Gasteiger partial charge is 0.319 e. The third kappa shape index (κ3) is 4.80. The summed E-state index contributed by atoms with van der Waals surface area (Å²) in [6.07, 6.45) is -1.32. The van der Waals surface area contributed by atoms with Gasteiger partial charge in [0.05, 0.1) is 26.0 Å². The zero-order valence-electron chi connectivity index (χ0n) is 13.7. The van der Waals surface area contributed by atoms with Gasteiger partial charge in [0.2, 0.25) is 0 Å². The van der Waals surface area contributed by atoms with Gasteiger partial charge < -0.3 is 25.2 Å². The molecule has 0 bridgehead atoms. The largest absolute Gasteiger partial charge is 0.497 e. The first kappa shape index (κ1) is 18.5. The van der Waals surface area contributed by atoms with Gasteiger partial charge in [-0.2, -0.15) is 0 Å². The van der Waals surface area contributed by atoms with Crippen LogP contribution in [0, 0.1) is 11.6 Å². The minimum atomic E-state index is -1.32. The number of anilines is 1. The minimum Gasteiger partial charge on any atom is -0.497 e. The van der Waals surface area contributed by atoms with Gasteiger partial charge in [-0.15, -0.1) is 0 Å². The molecule has 8 heteroatoms. The molecule has 0 aliphatic heterocycles. The van der Waals surface area contributed by atoms with Crippen LogP contribution in [-0.4, -0.2) is 31.9 Å². The van der Waals surface area contributed by atoms with Crippen molar-refractivity contribution in [3.05, 3.63) is 53.6 Å². The van der Waals surface area contributed by atoms with E-state index in [-0.39, 0.29) is 12.1 Å². The Morgan fingerprint density at radius 1 is 1.16 bits per heavy atom. The second-order valence-electron chi connectivity index (χ2n) is 5.08. The summed E-state index contributed by atoms with van der Waals surface area (Å²) >= 11 is 0. The summed E-state index contributed by atoms with van der Waals surface area (Å²) < 4.78 is 36.7. The van der Waals surface area contributed by atoms with E-state index in [2.05, 4.69) is 10.6 Å². The third-order valence-electron chi connectivity index (χ3n) is 3.43. The van der Waals surface area contributed by atoms with E-state index >= 15 is 0 Å². The van der Waals surface area contributed by atoms with E-state index in [1.54, 1.807) is 18.2 Å². The first-order valence-electron chi connectivity index (χ1n) is 7.34. The number of carbonyl (C=O) groups excluding carboxylic acids is 1. The summed E-state index contributed by atoms with van der Waals surface area (Å²) in [6, 6.07) is 7.03. The Hall–Kier alpha value is -2.87. The lowest BCUT2D eigenvalue weighted by Crippen LogP contribution is -2.32. The van der Waals surface area contributed by atoms with Crippen molar-refractivity contribution in [1.82, 2.24) is 5.32 Å². The fourth-order valence-electron chi connectivity index (χ4n) is 2.14. The van der Waals surface area contributed by atoms with Crippen LogP contribution in [0.3, 0.4) is 0 Å². The van der Waals surface area contributed by atoms with E-state index in [4.69, 9.17) is 9.47 Å². The molecule has 2 rings (SSSR count). The molecule has 2 aromatic rings. The molecule has 25 heavy (non-hydrogen) atoms. The van der Waals surface area contributed by atoms with Gasteiger partial charge in [-0.05, 0) is 18.2 Å². The molecule has 0 aromatic heterocycles. The molecule has 1 atom stereocenters. The fourth-order valence-corrected chi connectivity index (χ4v) is 2.14. The minimum absolute atomic E-state index is 0.108. The number of methoxy groups -OCH3 is 2. The Kier molecular flexibility index (Phi) is 6.13. The molecular weight excluding hydrogens is 334 g/mol. The lowest BCUT2D eigenvalue weighted by molar-refractivity contribution is 0.170. The predicted octanol–water partition coefficient (Wildman–Crippen LogP) is 2.84. The van der Waals surface area contributed by atoms with E-state index in [1.807, 2.05) is 0 Å². The SMILES string of the molecule is COc1ccc(NC(=O)NCC(O)c2ccc(F)cc2F)c(OC)c1. The molecule has 0 spiro atoms. The summed E-state index contributed by atoms with van der Waals surface area (Å²) in [4.78, 5) is 11.9. The van der Waals surface area contributed by atoms with Crippen LogP contribution in [0.4, 0.5) is 19.3 Å². The number of amides is 2. The van der Waals surface area contributed by atoms with Gasteiger partial charge in [0.15, 0.2) is 0 Å². The summed E-state index contributed by atoms with van der Waals surface area (Å²) in [5, 5.41) is 14.9. The molecule has 0 saturated heterocycles. The van der Waals surface area contributed by atoms with Crippen molar-refractivity contribution in [2.45, 2.75) is 6.10 Å². The highest BCUT2D eigenvalue weighted by molar-refractivity contribution is 5.91. The van der Waals surface area contributed by atoms with Crippen molar-refractivity contribution in [2.75, 3.05) is 26.1 Å². The fraction of sp³-hybridized carbons (Fsp3) is 0.235. The summed E-state index contributed by atoms with van der Waals surface area (Å²) in [7, 11) is 2.95. The second kappa shape index (κ2) is 8.29. The highest BCUT2D eigenvalue weighted by Crippen LogP contribution is 2.28. The molecule has 2 aromatic carbocycles. The molecular formula is C17H18F2N2O4. The summed E-state index contributed by atoms with van der Waals surface area (Å²) in [6.45, 7) is -0.257. The Bertz CT molecular complexity index is 755. The number of aliphatic hydroxyl groups is 1. The maximum Gasteiger partial charge on any atom is 0.319 e. The van der Waals surface area contributed by atoms with Gasteiger partial charge >= 0.3 is 6.03 Å². The standard InChI is InChI=1S/C17H18F2N2O4/c1-24-11-4-6-14(16(8-11)25-2)21-17(23)20-9-15(22)12-5-3-10(18)7-13(12)19/h3-8,15,22H,9H2,1-2H3,(H2,20,21,23). The molecule has 0 saturated carbocycles. The Morgan fingerprint density at radius 3 is 2.56 bits per heavy atom. The van der Waals surface area contributed by atoms with Crippen LogP contribution in [-0.2, 0) is 0 Å². The van der Waals surface area contributed by atoms with Crippen LogP contribution in [0.5, 0.6) is 11.5 Å². The molecule has 0 radical (unpaired) electrons. The number of urea groups is 1. The maximum absolute atomic E-state index is 13.6. The van der Waals surface area contributed by atoms with E-state index in [0.717, 1.165) is 12.1 Å². The average Bonchev–Trinajstić information content (AvgIpc) is 2.60. The number of halogens is 2. The van der Waals surface area contributed by atoms with Crippen LogP contribution in [0.1, 0.15) is 11.7 Å². The van der Waals surface area contributed by atoms with E-state index in [0.29, 0.717) is 23.3 Å². The predicted molar refractivity (Wildman–Crippen MR) is 87.9 cm³/mol. The highest BCUT2D eigenvalue weighted by Gasteiger charge is 2.15. The highest BCUT2D eigenvalue weighted by atomic mass is 19.1. The van der Waals surface area contributed by atoms with Crippen LogP contribution in [0.25, 0.3) is 0 Å². The lowest BCUT2D eigenvalue weighted by Gasteiger charge is -2.15. The normalized spacial score (nSPS) is 11.6. The second-order valence-corrected chi connectivity index (χ2v) is 5.08. The van der Waals surface area contributed by atoms with Crippen molar-refractivity contribution in [3.63, 3.8) is 0 Å². The first-order chi connectivity index (χ1) is 11.9. The van der Waals surface area contributed by atoms with Crippen molar-refractivity contribution < 1.29 is 28.2 Å². The van der Waals surface area contributed by atoms with Gasteiger partial charge in [0, 0.05) is 24.2 Å². The van der Waals surface area contributed by atoms with Crippen LogP contribution in [0.2, 0.25) is 0 Å². The number of aliphatic hydroxyl groups excluding tert-OH is 1. The van der Waals surface area contributed by atoms with Gasteiger partial charge in [0.25, 0.3) is 0 Å². The molecule has 0 aliphatic rings. The molecule has 6 nitrogen and oxygen atoms in total. The average molecular weight is 352 g/mol. The first-order valence-corrected chi connectivity index (χ1v) is 7.34. The van der Waals surface area contributed by atoms with E-state index in [9.17, 15) is 18.7 Å². The van der Waals surface area contributed by atoms with Gasteiger partial charge in [-0.25, -0.2) is 13.6 Å². The van der Waals surface area contributed by atoms with E-state index < -0.39 is 23.8 Å². The Labute approximate surface area is 143 Å². The Morgan fingerprint density at radius 2 is 1.92 bits per heavy atom. The van der Waals surface area contributed by atoms with Gasteiger partial charge in [0.1, 0.15) is 23.1 Å².